The van der Waals surface area contributed by atoms with Crippen LogP contribution in [0.3, 0.4) is 0 Å². The number of ether oxygens (including phenoxy) is 2. The number of aryl methyl sites for hydroxylation is 1. The van der Waals surface area contributed by atoms with Crippen LogP contribution in [0.25, 0.3) is 0 Å². The Morgan fingerprint density at radius 1 is 1.14 bits per heavy atom. The molecule has 5 heteroatoms. The lowest BCUT2D eigenvalue weighted by Gasteiger charge is -2.18. The first-order valence-electron chi connectivity index (χ1n) is 6.70. The average molecular weight is 284 g/mol. The van der Waals surface area contributed by atoms with Crippen LogP contribution >= 0.6 is 0 Å². The Balaban J connectivity index is 1.87. The highest BCUT2D eigenvalue weighted by Gasteiger charge is 2.15. The maximum atomic E-state index is 11.3. The second-order valence-corrected chi connectivity index (χ2v) is 4.84. The number of anilines is 2. The number of nitrogen functional groups attached to an aromatic ring is 1. The summed E-state index contributed by atoms with van der Waals surface area (Å²) in [5.41, 5.74) is 8.36. The number of carbonyl (C=O) groups excluding carboxylic acids is 1. The van der Waals surface area contributed by atoms with Gasteiger partial charge in [0.15, 0.2) is 5.75 Å². The van der Waals surface area contributed by atoms with E-state index in [9.17, 15) is 4.79 Å². The molecule has 0 aromatic heterocycles. The van der Waals surface area contributed by atoms with Crippen LogP contribution in [0.1, 0.15) is 12.0 Å². The van der Waals surface area contributed by atoms with E-state index < -0.39 is 0 Å². The van der Waals surface area contributed by atoms with E-state index >= 15 is 0 Å². The van der Waals surface area contributed by atoms with Gasteiger partial charge in [-0.25, -0.2) is 0 Å². The van der Waals surface area contributed by atoms with Crippen LogP contribution < -0.4 is 20.5 Å². The van der Waals surface area contributed by atoms with Crippen molar-refractivity contribution >= 4 is 17.3 Å². The van der Waals surface area contributed by atoms with E-state index in [0.29, 0.717) is 35.8 Å². The summed E-state index contributed by atoms with van der Waals surface area (Å²) in [6, 6.07) is 11.0. The van der Waals surface area contributed by atoms with Gasteiger partial charge in [0.2, 0.25) is 5.91 Å². The number of rotatable bonds is 3. The van der Waals surface area contributed by atoms with Crippen molar-refractivity contribution in [1.29, 1.82) is 0 Å². The first kappa shape index (κ1) is 13.3. The molecule has 0 fully saturated rings. The average Bonchev–Trinajstić information content (AvgIpc) is 2.49. The third kappa shape index (κ3) is 2.63. The Morgan fingerprint density at radius 3 is 2.76 bits per heavy atom. The molecule has 21 heavy (non-hydrogen) atoms. The topological polar surface area (TPSA) is 73.6 Å². The fourth-order valence-electron chi connectivity index (χ4n) is 2.34. The number of para-hydroxylation sites is 1. The monoisotopic (exact) mass is 284 g/mol. The molecule has 1 aliphatic heterocycles. The molecule has 0 atom stereocenters. The third-order valence-corrected chi connectivity index (χ3v) is 3.45. The molecule has 0 saturated heterocycles. The number of hydrogen-bond acceptors (Lipinski definition) is 4. The van der Waals surface area contributed by atoms with Gasteiger partial charge in [-0.15, -0.1) is 0 Å². The third-order valence-electron chi connectivity index (χ3n) is 3.45. The second kappa shape index (κ2) is 5.36. The number of nitrogens with two attached hydrogens (primary N) is 1. The zero-order chi connectivity index (χ0) is 14.8. The van der Waals surface area contributed by atoms with E-state index in [-0.39, 0.29) is 5.91 Å². The molecule has 108 valence electrons. The summed E-state index contributed by atoms with van der Waals surface area (Å²) < 4.78 is 11.0. The fourth-order valence-corrected chi connectivity index (χ4v) is 2.34. The van der Waals surface area contributed by atoms with Crippen molar-refractivity contribution in [2.75, 3.05) is 18.2 Å². The van der Waals surface area contributed by atoms with E-state index in [1.807, 2.05) is 24.3 Å². The van der Waals surface area contributed by atoms with Crippen molar-refractivity contribution in [2.45, 2.75) is 12.8 Å². The standard InChI is InChI=1S/C16H16N2O3/c1-20-13-3-2-4-14(16(13)17)21-11-6-7-12-10(9-11)5-8-15(19)18-12/h2-4,6-7,9H,5,8,17H2,1H3,(H,18,19). The highest BCUT2D eigenvalue weighted by Crippen LogP contribution is 2.35. The van der Waals surface area contributed by atoms with Gasteiger partial charge >= 0.3 is 0 Å². The Hall–Kier alpha value is -2.69. The molecular formula is C16H16N2O3. The highest BCUT2D eigenvalue weighted by molar-refractivity contribution is 5.94. The largest absolute Gasteiger partial charge is 0.494 e. The van der Waals surface area contributed by atoms with Crippen LogP contribution in [0.5, 0.6) is 17.2 Å². The zero-order valence-corrected chi connectivity index (χ0v) is 11.7. The molecule has 0 bridgehead atoms. The molecule has 0 radical (unpaired) electrons. The minimum Gasteiger partial charge on any atom is -0.494 e. The Kier molecular flexibility index (Phi) is 3.39. The Morgan fingerprint density at radius 2 is 1.95 bits per heavy atom. The summed E-state index contributed by atoms with van der Waals surface area (Å²) in [6.45, 7) is 0. The number of nitrogens with one attached hydrogen (secondary N) is 1. The van der Waals surface area contributed by atoms with Crippen molar-refractivity contribution in [1.82, 2.24) is 0 Å². The van der Waals surface area contributed by atoms with E-state index in [0.717, 1.165) is 11.3 Å². The summed E-state index contributed by atoms with van der Waals surface area (Å²) in [6.07, 6.45) is 1.21. The molecule has 1 amide bonds. The minimum absolute atomic E-state index is 0.0493. The maximum Gasteiger partial charge on any atom is 0.224 e. The van der Waals surface area contributed by atoms with Gasteiger partial charge in [0.1, 0.15) is 17.2 Å². The van der Waals surface area contributed by atoms with E-state index in [2.05, 4.69) is 5.32 Å². The molecule has 3 N–H and O–H groups in total. The van der Waals surface area contributed by atoms with Gasteiger partial charge in [0.05, 0.1) is 7.11 Å². The summed E-state index contributed by atoms with van der Waals surface area (Å²) in [5.74, 6) is 1.87. The van der Waals surface area contributed by atoms with Crippen LogP contribution in [0.4, 0.5) is 11.4 Å². The van der Waals surface area contributed by atoms with E-state index in [1.54, 1.807) is 19.2 Å². The molecule has 1 aliphatic rings. The quantitative estimate of drug-likeness (QED) is 0.850. The lowest BCUT2D eigenvalue weighted by atomic mass is 10.0. The van der Waals surface area contributed by atoms with Crippen LogP contribution in [0.2, 0.25) is 0 Å². The Labute approximate surface area is 122 Å². The fraction of sp³-hybridized carbons (Fsp3) is 0.188. The SMILES string of the molecule is COc1cccc(Oc2ccc3c(c2)CCC(=O)N3)c1N. The number of hydrogen-bond donors (Lipinski definition) is 2. The van der Waals surface area contributed by atoms with Crippen LogP contribution in [-0.4, -0.2) is 13.0 Å². The van der Waals surface area contributed by atoms with Crippen LogP contribution in [0.15, 0.2) is 36.4 Å². The van der Waals surface area contributed by atoms with Gasteiger partial charge in [-0.2, -0.15) is 0 Å². The molecule has 0 aliphatic carbocycles. The molecule has 2 aromatic rings. The van der Waals surface area contributed by atoms with E-state index in [1.165, 1.54) is 0 Å². The molecule has 2 aromatic carbocycles. The molecule has 0 unspecified atom stereocenters. The first-order valence-corrected chi connectivity index (χ1v) is 6.70. The summed E-state index contributed by atoms with van der Waals surface area (Å²) >= 11 is 0. The van der Waals surface area contributed by atoms with Crippen molar-refractivity contribution in [3.63, 3.8) is 0 Å². The molecule has 3 rings (SSSR count). The predicted octanol–water partition coefficient (Wildman–Crippen LogP) is 2.95. The molecular weight excluding hydrogens is 268 g/mol. The van der Waals surface area contributed by atoms with Crippen LogP contribution in [0, 0.1) is 0 Å². The number of fused-ring (bicyclic) bond motifs is 1. The maximum absolute atomic E-state index is 11.3. The number of amides is 1. The van der Waals surface area contributed by atoms with Gasteiger partial charge < -0.3 is 20.5 Å². The van der Waals surface area contributed by atoms with Crippen molar-refractivity contribution < 1.29 is 14.3 Å². The Bertz CT molecular complexity index is 698. The summed E-state index contributed by atoms with van der Waals surface area (Å²) in [4.78, 5) is 11.3. The van der Waals surface area contributed by atoms with Gasteiger partial charge in [-0.3, -0.25) is 4.79 Å². The second-order valence-electron chi connectivity index (χ2n) is 4.84. The smallest absolute Gasteiger partial charge is 0.224 e. The predicted molar refractivity (Wildman–Crippen MR) is 80.9 cm³/mol. The molecule has 1 heterocycles. The van der Waals surface area contributed by atoms with Crippen molar-refractivity contribution in [2.24, 2.45) is 0 Å². The molecule has 0 saturated carbocycles. The summed E-state index contributed by atoms with van der Waals surface area (Å²) in [7, 11) is 1.57. The van der Waals surface area contributed by atoms with Gasteiger partial charge in [0.25, 0.3) is 0 Å². The van der Waals surface area contributed by atoms with Gasteiger partial charge in [-0.1, -0.05) is 6.07 Å². The number of benzene rings is 2. The highest BCUT2D eigenvalue weighted by atomic mass is 16.5. The summed E-state index contributed by atoms with van der Waals surface area (Å²) in [5, 5.41) is 2.84. The van der Waals surface area contributed by atoms with Crippen LogP contribution in [-0.2, 0) is 11.2 Å². The van der Waals surface area contributed by atoms with Crippen molar-refractivity contribution in [3.8, 4) is 17.2 Å². The minimum atomic E-state index is 0.0493. The van der Waals surface area contributed by atoms with Gasteiger partial charge in [0, 0.05) is 12.1 Å². The lowest BCUT2D eigenvalue weighted by molar-refractivity contribution is -0.116. The normalized spacial score (nSPS) is 13.3. The number of methoxy groups -OCH3 is 1. The van der Waals surface area contributed by atoms with Crippen molar-refractivity contribution in [3.05, 3.63) is 42.0 Å². The number of carbonyl (C=O) groups is 1. The first-order chi connectivity index (χ1) is 10.2. The molecule has 0 spiro atoms. The lowest BCUT2D eigenvalue weighted by Crippen LogP contribution is -2.18. The van der Waals surface area contributed by atoms with E-state index in [4.69, 9.17) is 15.2 Å². The zero-order valence-electron chi connectivity index (χ0n) is 11.7. The van der Waals surface area contributed by atoms with Gasteiger partial charge in [-0.05, 0) is 42.3 Å². The molecule has 5 nitrogen and oxygen atoms in total.